The van der Waals surface area contributed by atoms with E-state index < -0.39 is 0 Å². The Hall–Kier alpha value is -1.05. The minimum atomic E-state index is -0.0828. The minimum absolute atomic E-state index is 0.0828. The van der Waals surface area contributed by atoms with Crippen molar-refractivity contribution >= 4 is 22.4 Å². The quantitative estimate of drug-likeness (QED) is 0.736. The number of carbonyl (C=O) groups is 1. The SMILES string of the molecule is COCc1nnc(NC(=O)CCCN)s1. The van der Waals surface area contributed by atoms with Crippen LogP contribution in [0.2, 0.25) is 0 Å². The number of anilines is 1. The van der Waals surface area contributed by atoms with Gasteiger partial charge in [0.1, 0.15) is 11.6 Å². The standard InChI is InChI=1S/C8H14N4O2S/c1-14-5-7-11-12-8(15-7)10-6(13)3-2-4-9/h2-5,9H2,1H3,(H,10,12,13). The summed E-state index contributed by atoms with van der Waals surface area (Å²) in [6.45, 7) is 0.925. The van der Waals surface area contributed by atoms with Crippen LogP contribution in [-0.4, -0.2) is 29.8 Å². The maximum absolute atomic E-state index is 11.3. The first-order chi connectivity index (χ1) is 7.26. The molecule has 1 amide bonds. The molecule has 0 aliphatic heterocycles. The molecule has 0 aliphatic carbocycles. The van der Waals surface area contributed by atoms with E-state index in [9.17, 15) is 4.79 Å². The van der Waals surface area contributed by atoms with Crippen molar-refractivity contribution in [2.24, 2.45) is 5.73 Å². The first-order valence-corrected chi connectivity index (χ1v) is 5.39. The van der Waals surface area contributed by atoms with E-state index in [-0.39, 0.29) is 5.91 Å². The van der Waals surface area contributed by atoms with Crippen LogP contribution in [0.15, 0.2) is 0 Å². The van der Waals surface area contributed by atoms with Gasteiger partial charge in [-0.2, -0.15) is 0 Å². The third-order valence-corrected chi connectivity index (χ3v) is 2.40. The van der Waals surface area contributed by atoms with E-state index in [1.54, 1.807) is 7.11 Å². The fourth-order valence-corrected chi connectivity index (χ4v) is 1.66. The van der Waals surface area contributed by atoms with Crippen LogP contribution in [0.1, 0.15) is 17.8 Å². The van der Waals surface area contributed by atoms with Crippen molar-refractivity contribution in [1.82, 2.24) is 10.2 Å². The second-order valence-electron chi connectivity index (χ2n) is 2.87. The summed E-state index contributed by atoms with van der Waals surface area (Å²) >= 11 is 1.31. The fraction of sp³-hybridized carbons (Fsp3) is 0.625. The van der Waals surface area contributed by atoms with E-state index in [0.717, 1.165) is 5.01 Å². The number of ether oxygens (including phenoxy) is 1. The normalized spacial score (nSPS) is 10.3. The Kier molecular flexibility index (Phi) is 5.16. The van der Waals surface area contributed by atoms with Gasteiger partial charge in [0.2, 0.25) is 11.0 Å². The highest BCUT2D eigenvalue weighted by Crippen LogP contribution is 2.15. The lowest BCUT2D eigenvalue weighted by atomic mass is 10.3. The number of hydrogen-bond donors (Lipinski definition) is 2. The van der Waals surface area contributed by atoms with Gasteiger partial charge < -0.3 is 15.8 Å². The number of methoxy groups -OCH3 is 1. The third-order valence-electron chi connectivity index (χ3n) is 1.59. The topological polar surface area (TPSA) is 90.1 Å². The summed E-state index contributed by atoms with van der Waals surface area (Å²) in [4.78, 5) is 11.3. The van der Waals surface area contributed by atoms with Crippen LogP contribution in [-0.2, 0) is 16.1 Å². The van der Waals surface area contributed by atoms with Crippen LogP contribution in [0.3, 0.4) is 0 Å². The summed E-state index contributed by atoms with van der Waals surface area (Å²) in [5, 5.41) is 11.5. The van der Waals surface area contributed by atoms with Crippen molar-refractivity contribution in [1.29, 1.82) is 0 Å². The molecule has 0 unspecified atom stereocenters. The lowest BCUT2D eigenvalue weighted by Gasteiger charge is -1.98. The van der Waals surface area contributed by atoms with E-state index in [4.69, 9.17) is 10.5 Å². The molecule has 3 N–H and O–H groups in total. The van der Waals surface area contributed by atoms with Crippen molar-refractivity contribution in [2.75, 3.05) is 19.0 Å². The van der Waals surface area contributed by atoms with Crippen molar-refractivity contribution < 1.29 is 9.53 Å². The zero-order valence-electron chi connectivity index (χ0n) is 8.52. The molecule has 0 saturated carbocycles. The molecule has 1 heterocycles. The van der Waals surface area contributed by atoms with Gasteiger partial charge in [0.15, 0.2) is 0 Å². The van der Waals surface area contributed by atoms with E-state index in [1.165, 1.54) is 11.3 Å². The van der Waals surface area contributed by atoms with Gasteiger partial charge in [-0.05, 0) is 13.0 Å². The summed E-state index contributed by atoms with van der Waals surface area (Å²) in [6.07, 6.45) is 1.09. The molecular formula is C8H14N4O2S. The van der Waals surface area contributed by atoms with Gasteiger partial charge in [-0.25, -0.2) is 0 Å². The molecule has 84 valence electrons. The number of amides is 1. The van der Waals surface area contributed by atoms with Gasteiger partial charge in [0, 0.05) is 13.5 Å². The molecule has 1 aromatic heterocycles. The first-order valence-electron chi connectivity index (χ1n) is 4.57. The maximum atomic E-state index is 11.3. The van der Waals surface area contributed by atoms with Crippen molar-refractivity contribution in [3.63, 3.8) is 0 Å². The highest BCUT2D eigenvalue weighted by molar-refractivity contribution is 7.15. The van der Waals surface area contributed by atoms with Crippen LogP contribution in [0, 0.1) is 0 Å². The Balaban J connectivity index is 2.39. The zero-order valence-corrected chi connectivity index (χ0v) is 9.34. The first kappa shape index (κ1) is 12.0. The number of nitrogens with zero attached hydrogens (tertiary/aromatic N) is 2. The Morgan fingerprint density at radius 1 is 1.60 bits per heavy atom. The molecular weight excluding hydrogens is 216 g/mol. The molecule has 0 atom stereocenters. The summed E-state index contributed by atoms with van der Waals surface area (Å²) in [6, 6.07) is 0. The second-order valence-corrected chi connectivity index (χ2v) is 3.94. The van der Waals surface area contributed by atoms with E-state index in [2.05, 4.69) is 15.5 Å². The molecule has 0 spiro atoms. The summed E-state index contributed by atoms with van der Waals surface area (Å²) in [5.41, 5.74) is 5.29. The molecule has 0 aliphatic rings. The van der Waals surface area contributed by atoms with Crippen LogP contribution in [0.5, 0.6) is 0 Å². The molecule has 1 aromatic rings. The Bertz CT molecular complexity index is 315. The Morgan fingerprint density at radius 2 is 2.40 bits per heavy atom. The number of carbonyl (C=O) groups excluding carboxylic acids is 1. The van der Waals surface area contributed by atoms with E-state index >= 15 is 0 Å². The summed E-state index contributed by atoms with van der Waals surface area (Å²) in [5.74, 6) is -0.0828. The lowest BCUT2D eigenvalue weighted by molar-refractivity contribution is -0.116. The fourth-order valence-electron chi connectivity index (χ4n) is 0.930. The maximum Gasteiger partial charge on any atom is 0.226 e. The molecule has 0 aromatic carbocycles. The van der Waals surface area contributed by atoms with Gasteiger partial charge in [-0.15, -0.1) is 10.2 Å². The van der Waals surface area contributed by atoms with Gasteiger partial charge in [-0.3, -0.25) is 4.79 Å². The van der Waals surface area contributed by atoms with Gasteiger partial charge in [0.05, 0.1) is 0 Å². The molecule has 6 nitrogen and oxygen atoms in total. The predicted molar refractivity (Wildman–Crippen MR) is 57.5 cm³/mol. The molecule has 7 heteroatoms. The number of nitrogens with two attached hydrogens (primary N) is 1. The van der Waals surface area contributed by atoms with Gasteiger partial charge in [0.25, 0.3) is 0 Å². The lowest BCUT2D eigenvalue weighted by Crippen LogP contribution is -2.13. The average Bonchev–Trinajstić information content (AvgIpc) is 2.63. The van der Waals surface area contributed by atoms with Gasteiger partial charge >= 0.3 is 0 Å². The number of hydrogen-bond acceptors (Lipinski definition) is 6. The monoisotopic (exact) mass is 230 g/mol. The number of aromatic nitrogens is 2. The zero-order chi connectivity index (χ0) is 11.1. The molecule has 0 bridgehead atoms. The molecule has 0 radical (unpaired) electrons. The van der Waals surface area contributed by atoms with E-state index in [0.29, 0.717) is 31.1 Å². The molecule has 0 fully saturated rings. The Labute approximate surface area is 91.8 Å². The highest BCUT2D eigenvalue weighted by atomic mass is 32.1. The van der Waals surface area contributed by atoms with Crippen LogP contribution < -0.4 is 11.1 Å². The molecule has 0 saturated heterocycles. The largest absolute Gasteiger partial charge is 0.377 e. The highest BCUT2D eigenvalue weighted by Gasteiger charge is 2.07. The second kappa shape index (κ2) is 6.44. The van der Waals surface area contributed by atoms with Crippen molar-refractivity contribution in [3.05, 3.63) is 5.01 Å². The predicted octanol–water partition coefficient (Wildman–Crippen LogP) is 0.362. The number of nitrogens with one attached hydrogen (secondary N) is 1. The third kappa shape index (κ3) is 4.32. The van der Waals surface area contributed by atoms with Crippen molar-refractivity contribution in [3.8, 4) is 0 Å². The Morgan fingerprint density at radius 3 is 3.07 bits per heavy atom. The number of rotatable bonds is 6. The summed E-state index contributed by atoms with van der Waals surface area (Å²) in [7, 11) is 1.58. The molecule has 1 rings (SSSR count). The van der Waals surface area contributed by atoms with Crippen LogP contribution in [0.25, 0.3) is 0 Å². The van der Waals surface area contributed by atoms with Crippen LogP contribution in [0.4, 0.5) is 5.13 Å². The smallest absolute Gasteiger partial charge is 0.226 e. The van der Waals surface area contributed by atoms with Gasteiger partial charge in [-0.1, -0.05) is 11.3 Å². The molecule has 15 heavy (non-hydrogen) atoms. The average molecular weight is 230 g/mol. The van der Waals surface area contributed by atoms with E-state index in [1.807, 2.05) is 0 Å². The summed E-state index contributed by atoms with van der Waals surface area (Å²) < 4.78 is 4.89. The van der Waals surface area contributed by atoms with Crippen LogP contribution >= 0.6 is 11.3 Å². The van der Waals surface area contributed by atoms with Crippen molar-refractivity contribution in [2.45, 2.75) is 19.4 Å². The minimum Gasteiger partial charge on any atom is -0.377 e.